The molecule has 2 aliphatic rings. The summed E-state index contributed by atoms with van der Waals surface area (Å²) in [7, 11) is 0. The number of likely N-dealkylation sites (tertiary alicyclic amines) is 1. The SMILES string of the molecule is NCC(c1ccc(Cl)c(Cl)c1)N1CCCC1C1CCCC1. The van der Waals surface area contributed by atoms with Crippen LogP contribution in [0.3, 0.4) is 0 Å². The van der Waals surface area contributed by atoms with Gasteiger partial charge in [-0.05, 0) is 55.8 Å². The van der Waals surface area contributed by atoms with Crippen LogP contribution in [-0.4, -0.2) is 24.0 Å². The third-order valence-corrected chi connectivity index (χ3v) is 5.98. The molecule has 1 heterocycles. The first-order valence-electron chi connectivity index (χ1n) is 8.11. The Morgan fingerprint density at radius 3 is 2.52 bits per heavy atom. The van der Waals surface area contributed by atoms with E-state index in [-0.39, 0.29) is 6.04 Å². The Balaban J connectivity index is 1.82. The molecule has 1 aromatic rings. The second kappa shape index (κ2) is 6.87. The van der Waals surface area contributed by atoms with Gasteiger partial charge in [-0.1, -0.05) is 42.1 Å². The highest BCUT2D eigenvalue weighted by molar-refractivity contribution is 6.42. The van der Waals surface area contributed by atoms with E-state index in [0.717, 1.165) is 12.5 Å². The zero-order valence-electron chi connectivity index (χ0n) is 12.4. The van der Waals surface area contributed by atoms with E-state index in [9.17, 15) is 0 Å². The summed E-state index contributed by atoms with van der Waals surface area (Å²) in [6.07, 6.45) is 8.19. The van der Waals surface area contributed by atoms with Crippen molar-refractivity contribution in [3.8, 4) is 0 Å². The molecule has 1 saturated carbocycles. The summed E-state index contributed by atoms with van der Waals surface area (Å²) < 4.78 is 0. The Morgan fingerprint density at radius 2 is 1.86 bits per heavy atom. The van der Waals surface area contributed by atoms with Gasteiger partial charge < -0.3 is 5.73 Å². The van der Waals surface area contributed by atoms with E-state index >= 15 is 0 Å². The smallest absolute Gasteiger partial charge is 0.0595 e. The molecule has 1 saturated heterocycles. The molecule has 1 aromatic carbocycles. The largest absolute Gasteiger partial charge is 0.329 e. The summed E-state index contributed by atoms with van der Waals surface area (Å²) in [5.41, 5.74) is 7.32. The standard InChI is InChI=1S/C17H24Cl2N2/c18-14-8-7-13(10-15(14)19)17(11-20)21-9-3-6-16(21)12-4-1-2-5-12/h7-8,10,12,16-17H,1-6,9,11,20H2. The summed E-state index contributed by atoms with van der Waals surface area (Å²) in [5, 5.41) is 1.24. The lowest BCUT2D eigenvalue weighted by atomic mass is 9.94. The molecule has 1 aliphatic heterocycles. The van der Waals surface area contributed by atoms with Crippen molar-refractivity contribution in [3.05, 3.63) is 33.8 Å². The van der Waals surface area contributed by atoms with Crippen molar-refractivity contribution in [1.29, 1.82) is 0 Å². The van der Waals surface area contributed by atoms with Gasteiger partial charge in [0.15, 0.2) is 0 Å². The molecule has 2 unspecified atom stereocenters. The predicted molar refractivity (Wildman–Crippen MR) is 89.9 cm³/mol. The van der Waals surface area contributed by atoms with Crippen LogP contribution in [0.25, 0.3) is 0 Å². The first-order chi connectivity index (χ1) is 10.2. The van der Waals surface area contributed by atoms with Gasteiger partial charge in [0.2, 0.25) is 0 Å². The zero-order chi connectivity index (χ0) is 14.8. The van der Waals surface area contributed by atoms with E-state index in [1.165, 1.54) is 44.1 Å². The second-order valence-electron chi connectivity index (χ2n) is 6.42. The Hall–Kier alpha value is -0.280. The number of rotatable bonds is 4. The van der Waals surface area contributed by atoms with Gasteiger partial charge >= 0.3 is 0 Å². The van der Waals surface area contributed by atoms with Crippen LogP contribution in [0, 0.1) is 5.92 Å². The van der Waals surface area contributed by atoms with Crippen molar-refractivity contribution in [2.24, 2.45) is 11.7 Å². The maximum atomic E-state index is 6.19. The minimum atomic E-state index is 0.271. The maximum absolute atomic E-state index is 6.19. The molecule has 0 radical (unpaired) electrons. The van der Waals surface area contributed by atoms with Crippen LogP contribution < -0.4 is 5.73 Å². The highest BCUT2D eigenvalue weighted by Gasteiger charge is 2.36. The summed E-state index contributed by atoms with van der Waals surface area (Å²) in [6.45, 7) is 1.80. The molecule has 2 atom stereocenters. The molecule has 116 valence electrons. The summed E-state index contributed by atoms with van der Waals surface area (Å²) in [6, 6.07) is 6.94. The molecule has 2 nitrogen and oxygen atoms in total. The van der Waals surface area contributed by atoms with E-state index in [2.05, 4.69) is 11.0 Å². The van der Waals surface area contributed by atoms with Gasteiger partial charge in [0.25, 0.3) is 0 Å². The lowest BCUT2D eigenvalue weighted by molar-refractivity contribution is 0.138. The van der Waals surface area contributed by atoms with E-state index in [1.54, 1.807) is 0 Å². The Bertz CT molecular complexity index is 486. The number of halogens is 2. The molecule has 1 aliphatic carbocycles. The maximum Gasteiger partial charge on any atom is 0.0595 e. The quantitative estimate of drug-likeness (QED) is 0.872. The highest BCUT2D eigenvalue weighted by Crippen LogP contribution is 2.39. The lowest BCUT2D eigenvalue weighted by Crippen LogP contribution is -2.40. The molecule has 0 aromatic heterocycles. The molecule has 21 heavy (non-hydrogen) atoms. The fraction of sp³-hybridized carbons (Fsp3) is 0.647. The van der Waals surface area contributed by atoms with Crippen molar-refractivity contribution in [3.63, 3.8) is 0 Å². The van der Waals surface area contributed by atoms with Crippen LogP contribution in [0.15, 0.2) is 18.2 Å². The Labute approximate surface area is 137 Å². The molecule has 0 spiro atoms. The number of benzene rings is 1. The molecule has 2 N–H and O–H groups in total. The van der Waals surface area contributed by atoms with E-state index in [4.69, 9.17) is 28.9 Å². The first kappa shape index (κ1) is 15.6. The number of hydrogen-bond acceptors (Lipinski definition) is 2. The van der Waals surface area contributed by atoms with Crippen LogP contribution in [0.4, 0.5) is 0 Å². The molecule has 4 heteroatoms. The molecule has 0 amide bonds. The van der Waals surface area contributed by atoms with Gasteiger partial charge in [-0.15, -0.1) is 0 Å². The normalized spacial score (nSPS) is 25.6. The fourth-order valence-corrected chi connectivity index (χ4v) is 4.54. The van der Waals surface area contributed by atoms with Gasteiger partial charge in [0.05, 0.1) is 10.0 Å². The van der Waals surface area contributed by atoms with Crippen LogP contribution in [-0.2, 0) is 0 Å². The molecule has 3 rings (SSSR count). The Kier molecular flexibility index (Phi) is 5.11. The third kappa shape index (κ3) is 3.24. The first-order valence-corrected chi connectivity index (χ1v) is 8.87. The fourth-order valence-electron chi connectivity index (χ4n) is 4.23. The van der Waals surface area contributed by atoms with Gasteiger partial charge in [-0.2, -0.15) is 0 Å². The van der Waals surface area contributed by atoms with Crippen LogP contribution in [0.1, 0.15) is 50.1 Å². The number of hydrogen-bond donors (Lipinski definition) is 1. The average molecular weight is 327 g/mol. The van der Waals surface area contributed by atoms with Crippen LogP contribution >= 0.6 is 23.2 Å². The van der Waals surface area contributed by atoms with E-state index in [0.29, 0.717) is 22.6 Å². The predicted octanol–water partition coefficient (Wildman–Crippen LogP) is 4.65. The average Bonchev–Trinajstić information content (AvgIpc) is 3.14. The molecule has 2 fully saturated rings. The minimum Gasteiger partial charge on any atom is -0.329 e. The topological polar surface area (TPSA) is 29.3 Å². The van der Waals surface area contributed by atoms with Gasteiger partial charge in [-0.25, -0.2) is 0 Å². The Morgan fingerprint density at radius 1 is 1.10 bits per heavy atom. The van der Waals surface area contributed by atoms with Gasteiger partial charge in [0.1, 0.15) is 0 Å². The van der Waals surface area contributed by atoms with Crippen molar-refractivity contribution >= 4 is 23.2 Å². The van der Waals surface area contributed by atoms with E-state index in [1.807, 2.05) is 12.1 Å². The van der Waals surface area contributed by atoms with Crippen LogP contribution in [0.2, 0.25) is 10.0 Å². The second-order valence-corrected chi connectivity index (χ2v) is 7.23. The third-order valence-electron chi connectivity index (χ3n) is 5.24. The van der Waals surface area contributed by atoms with E-state index < -0.39 is 0 Å². The van der Waals surface area contributed by atoms with Crippen molar-refractivity contribution in [2.75, 3.05) is 13.1 Å². The van der Waals surface area contributed by atoms with Gasteiger partial charge in [0, 0.05) is 18.6 Å². The van der Waals surface area contributed by atoms with Crippen molar-refractivity contribution in [1.82, 2.24) is 4.90 Å². The van der Waals surface area contributed by atoms with Crippen molar-refractivity contribution in [2.45, 2.75) is 50.6 Å². The monoisotopic (exact) mass is 326 g/mol. The van der Waals surface area contributed by atoms with Gasteiger partial charge in [-0.3, -0.25) is 4.90 Å². The highest BCUT2D eigenvalue weighted by atomic mass is 35.5. The lowest BCUT2D eigenvalue weighted by Gasteiger charge is -2.36. The molecular weight excluding hydrogens is 303 g/mol. The summed E-state index contributed by atoms with van der Waals surface area (Å²) in [4.78, 5) is 2.63. The summed E-state index contributed by atoms with van der Waals surface area (Å²) >= 11 is 12.2. The molecule has 0 bridgehead atoms. The minimum absolute atomic E-state index is 0.271. The van der Waals surface area contributed by atoms with Crippen LogP contribution in [0.5, 0.6) is 0 Å². The molecular formula is C17H24Cl2N2. The number of nitrogens with zero attached hydrogens (tertiary/aromatic N) is 1. The zero-order valence-corrected chi connectivity index (χ0v) is 13.9. The van der Waals surface area contributed by atoms with Crippen molar-refractivity contribution < 1.29 is 0 Å². The summed E-state index contributed by atoms with van der Waals surface area (Å²) in [5.74, 6) is 0.865. The number of nitrogens with two attached hydrogens (primary N) is 1.